The molecule has 16 heavy (non-hydrogen) atoms. The lowest BCUT2D eigenvalue weighted by atomic mass is 10.1. The van der Waals surface area contributed by atoms with E-state index in [1.807, 2.05) is 0 Å². The fourth-order valence-corrected chi connectivity index (χ4v) is 0.874. The van der Waals surface area contributed by atoms with Crippen molar-refractivity contribution in [2.24, 2.45) is 0 Å². The lowest BCUT2D eigenvalue weighted by Crippen LogP contribution is -2.48. The molecule has 0 saturated carbocycles. The van der Waals surface area contributed by atoms with Gasteiger partial charge in [-0.25, -0.2) is 4.79 Å². The van der Waals surface area contributed by atoms with Gasteiger partial charge in [0.15, 0.2) is 11.9 Å². The largest absolute Gasteiger partial charge is 0.481 e. The zero-order valence-corrected chi connectivity index (χ0v) is 8.53. The quantitative estimate of drug-likeness (QED) is 0.320. The average molecular weight is 238 g/mol. The van der Waals surface area contributed by atoms with Crippen molar-refractivity contribution in [2.45, 2.75) is 31.3 Å². The summed E-state index contributed by atoms with van der Waals surface area (Å²) in [5.74, 6) is -5.36. The van der Waals surface area contributed by atoms with Crippen LogP contribution >= 0.6 is 0 Å². The van der Waals surface area contributed by atoms with Crippen molar-refractivity contribution < 1.29 is 39.9 Å². The van der Waals surface area contributed by atoms with Gasteiger partial charge in [0, 0.05) is 0 Å². The molecule has 3 atom stereocenters. The normalized spacial score (nSPS) is 18.5. The minimum absolute atomic E-state index is 0.855. The number of aliphatic hydroxyl groups is 3. The molecule has 0 saturated heterocycles. The van der Waals surface area contributed by atoms with Crippen molar-refractivity contribution in [3.63, 3.8) is 0 Å². The first-order chi connectivity index (χ1) is 7.20. The molecule has 0 aromatic carbocycles. The highest BCUT2D eigenvalue weighted by atomic mass is 16.7. The summed E-state index contributed by atoms with van der Waals surface area (Å²) in [5.41, 5.74) is 0. The number of aliphatic hydroxyl groups excluding tert-OH is 2. The van der Waals surface area contributed by atoms with E-state index in [9.17, 15) is 14.7 Å². The minimum atomic E-state index is -2.34. The fraction of sp³-hybridized carbons (Fsp3) is 0.750. The summed E-state index contributed by atoms with van der Waals surface area (Å²) < 4.78 is 4.53. The standard InChI is InChI=1S/C8H14O8/c1-8(15,5(10)3-9)16-4(7(13)14)2-6(11)12/h4-5,9-10,15H,2-3H2,1H3,(H,11,12)(H,13,14)/t4?,5-,8+/m1/s1. The summed E-state index contributed by atoms with van der Waals surface area (Å²) in [6.07, 6.45) is -4.42. The van der Waals surface area contributed by atoms with E-state index >= 15 is 0 Å². The maximum absolute atomic E-state index is 10.6. The SMILES string of the molecule is C[C@](O)(OC(CC(=O)O)C(=O)O)[C@H](O)CO. The van der Waals surface area contributed by atoms with Crippen LogP contribution in [-0.2, 0) is 14.3 Å². The number of carboxylic acid groups (broad SMARTS) is 2. The highest BCUT2D eigenvalue weighted by Crippen LogP contribution is 2.16. The van der Waals surface area contributed by atoms with Crippen LogP contribution in [0.25, 0.3) is 0 Å². The van der Waals surface area contributed by atoms with Gasteiger partial charge in [-0.2, -0.15) is 0 Å². The summed E-state index contributed by atoms with van der Waals surface area (Å²) in [5, 5.41) is 44.0. The molecule has 0 aliphatic carbocycles. The smallest absolute Gasteiger partial charge is 0.333 e. The Kier molecular flexibility index (Phi) is 5.31. The molecule has 0 aromatic heterocycles. The van der Waals surface area contributed by atoms with Gasteiger partial charge in [0.05, 0.1) is 13.0 Å². The molecule has 0 rings (SSSR count). The Hall–Kier alpha value is -1.22. The Bertz CT molecular complexity index is 261. The number of hydrogen-bond donors (Lipinski definition) is 5. The van der Waals surface area contributed by atoms with E-state index < -0.39 is 43.0 Å². The number of rotatable bonds is 7. The van der Waals surface area contributed by atoms with Gasteiger partial charge >= 0.3 is 11.9 Å². The van der Waals surface area contributed by atoms with Crippen LogP contribution in [0.2, 0.25) is 0 Å². The molecule has 0 heterocycles. The number of ether oxygens (including phenoxy) is 1. The Morgan fingerprint density at radius 2 is 1.88 bits per heavy atom. The number of hydrogen-bond acceptors (Lipinski definition) is 6. The van der Waals surface area contributed by atoms with Crippen LogP contribution in [0.15, 0.2) is 0 Å². The number of aliphatic carboxylic acids is 2. The first-order valence-corrected chi connectivity index (χ1v) is 4.34. The third-order valence-corrected chi connectivity index (χ3v) is 1.81. The van der Waals surface area contributed by atoms with Gasteiger partial charge in [0.2, 0.25) is 0 Å². The highest BCUT2D eigenvalue weighted by Gasteiger charge is 2.37. The summed E-state index contributed by atoms with van der Waals surface area (Å²) in [4.78, 5) is 20.9. The molecule has 8 heteroatoms. The van der Waals surface area contributed by atoms with Gasteiger partial charge in [-0.15, -0.1) is 0 Å². The molecule has 0 aliphatic rings. The van der Waals surface area contributed by atoms with Crippen LogP contribution in [0.3, 0.4) is 0 Å². The first-order valence-electron chi connectivity index (χ1n) is 4.34. The molecule has 8 nitrogen and oxygen atoms in total. The second kappa shape index (κ2) is 5.75. The van der Waals surface area contributed by atoms with Gasteiger partial charge in [0.25, 0.3) is 0 Å². The van der Waals surface area contributed by atoms with Crippen molar-refractivity contribution in [3.8, 4) is 0 Å². The summed E-state index contributed by atoms with van der Waals surface area (Å²) in [7, 11) is 0. The Balaban J connectivity index is 4.61. The fourth-order valence-electron chi connectivity index (χ4n) is 0.874. The molecule has 0 aromatic rings. The van der Waals surface area contributed by atoms with Gasteiger partial charge in [-0.05, 0) is 6.92 Å². The van der Waals surface area contributed by atoms with E-state index in [1.54, 1.807) is 0 Å². The Morgan fingerprint density at radius 1 is 1.38 bits per heavy atom. The van der Waals surface area contributed by atoms with E-state index in [-0.39, 0.29) is 0 Å². The number of carboxylic acids is 2. The van der Waals surface area contributed by atoms with E-state index in [0.29, 0.717) is 0 Å². The van der Waals surface area contributed by atoms with Gasteiger partial charge in [-0.1, -0.05) is 0 Å². The molecular weight excluding hydrogens is 224 g/mol. The third-order valence-electron chi connectivity index (χ3n) is 1.81. The first kappa shape index (κ1) is 14.8. The van der Waals surface area contributed by atoms with E-state index in [1.165, 1.54) is 0 Å². The zero-order valence-electron chi connectivity index (χ0n) is 8.53. The van der Waals surface area contributed by atoms with Crippen LogP contribution in [0.5, 0.6) is 0 Å². The Morgan fingerprint density at radius 3 is 2.19 bits per heavy atom. The van der Waals surface area contributed by atoms with Crippen LogP contribution < -0.4 is 0 Å². The molecule has 0 bridgehead atoms. The van der Waals surface area contributed by atoms with Crippen molar-refractivity contribution in [3.05, 3.63) is 0 Å². The van der Waals surface area contributed by atoms with Crippen LogP contribution in [0.4, 0.5) is 0 Å². The molecule has 1 unspecified atom stereocenters. The third kappa shape index (κ3) is 4.53. The number of carbonyl (C=O) groups is 2. The molecule has 0 amide bonds. The summed E-state index contributed by atoms with van der Waals surface area (Å²) >= 11 is 0. The molecule has 0 aliphatic heterocycles. The topological polar surface area (TPSA) is 145 Å². The molecule has 0 spiro atoms. The monoisotopic (exact) mass is 238 g/mol. The van der Waals surface area contributed by atoms with Crippen molar-refractivity contribution in [2.75, 3.05) is 6.61 Å². The predicted molar refractivity (Wildman–Crippen MR) is 48.5 cm³/mol. The van der Waals surface area contributed by atoms with E-state index in [4.69, 9.17) is 20.4 Å². The molecule has 0 radical (unpaired) electrons. The summed E-state index contributed by atoms with van der Waals surface area (Å²) in [6.45, 7) is 0.0675. The van der Waals surface area contributed by atoms with Crippen molar-refractivity contribution in [1.29, 1.82) is 0 Å². The molecule has 0 fully saturated rings. The van der Waals surface area contributed by atoms with Crippen LogP contribution in [-0.4, -0.2) is 62.1 Å². The van der Waals surface area contributed by atoms with Gasteiger partial charge in [0.1, 0.15) is 6.10 Å². The van der Waals surface area contributed by atoms with Gasteiger partial charge in [-0.3, -0.25) is 4.79 Å². The predicted octanol–water partition coefficient (Wildman–Crippen LogP) is -2.01. The Labute approximate surface area is 90.7 Å². The second-order valence-electron chi connectivity index (χ2n) is 3.30. The molecule has 5 N–H and O–H groups in total. The van der Waals surface area contributed by atoms with E-state index in [0.717, 1.165) is 6.92 Å². The maximum Gasteiger partial charge on any atom is 0.333 e. The second-order valence-corrected chi connectivity index (χ2v) is 3.30. The highest BCUT2D eigenvalue weighted by molar-refractivity contribution is 5.79. The van der Waals surface area contributed by atoms with E-state index in [2.05, 4.69) is 4.74 Å². The van der Waals surface area contributed by atoms with Crippen molar-refractivity contribution >= 4 is 11.9 Å². The van der Waals surface area contributed by atoms with Crippen LogP contribution in [0, 0.1) is 0 Å². The molecule has 94 valence electrons. The van der Waals surface area contributed by atoms with Gasteiger partial charge < -0.3 is 30.3 Å². The lowest BCUT2D eigenvalue weighted by Gasteiger charge is -2.30. The summed E-state index contributed by atoms with van der Waals surface area (Å²) in [6, 6.07) is 0. The molecular formula is C8H14O8. The maximum atomic E-state index is 10.6. The lowest BCUT2D eigenvalue weighted by molar-refractivity contribution is -0.271. The average Bonchev–Trinajstić information content (AvgIpc) is 2.14. The van der Waals surface area contributed by atoms with Crippen molar-refractivity contribution in [1.82, 2.24) is 0 Å². The minimum Gasteiger partial charge on any atom is -0.481 e. The van der Waals surface area contributed by atoms with Crippen LogP contribution in [0.1, 0.15) is 13.3 Å². The zero-order chi connectivity index (χ0) is 12.9.